The van der Waals surface area contributed by atoms with E-state index in [4.69, 9.17) is 0 Å². The summed E-state index contributed by atoms with van der Waals surface area (Å²) in [5, 5.41) is 17.4. The fourth-order valence-electron chi connectivity index (χ4n) is 3.05. The Bertz CT molecular complexity index is 635. The summed E-state index contributed by atoms with van der Waals surface area (Å²) < 4.78 is 1.74. The SMILES string of the molecule is CCn1nc(C)c([N+](=O)[O-])c1N1CCN(C2=NC[C@H](C)S2)CC1. The molecule has 0 N–H and O–H groups in total. The number of hydrogen-bond acceptors (Lipinski definition) is 7. The lowest BCUT2D eigenvalue weighted by Gasteiger charge is -2.36. The van der Waals surface area contributed by atoms with Crippen LogP contribution >= 0.6 is 11.8 Å². The number of nitrogens with zero attached hydrogens (tertiary/aromatic N) is 6. The minimum atomic E-state index is -0.311. The van der Waals surface area contributed by atoms with Crippen LogP contribution in [0.2, 0.25) is 0 Å². The van der Waals surface area contributed by atoms with E-state index < -0.39 is 0 Å². The zero-order valence-electron chi connectivity index (χ0n) is 13.7. The van der Waals surface area contributed by atoms with Crippen LogP contribution in [0.5, 0.6) is 0 Å². The van der Waals surface area contributed by atoms with Gasteiger partial charge in [0.25, 0.3) is 0 Å². The van der Waals surface area contributed by atoms with Crippen molar-refractivity contribution in [3.05, 3.63) is 15.8 Å². The molecule has 1 aromatic rings. The fraction of sp³-hybridized carbons (Fsp3) is 0.714. The number of anilines is 1. The van der Waals surface area contributed by atoms with Gasteiger partial charge in [-0.25, -0.2) is 4.68 Å². The third-order valence-electron chi connectivity index (χ3n) is 4.19. The molecule has 23 heavy (non-hydrogen) atoms. The molecule has 8 nitrogen and oxygen atoms in total. The molecular weight excluding hydrogens is 316 g/mol. The van der Waals surface area contributed by atoms with E-state index in [9.17, 15) is 10.1 Å². The van der Waals surface area contributed by atoms with Crippen LogP contribution in [-0.2, 0) is 6.54 Å². The van der Waals surface area contributed by atoms with Crippen LogP contribution in [-0.4, -0.2) is 62.7 Å². The van der Waals surface area contributed by atoms with Crippen LogP contribution in [0.4, 0.5) is 11.5 Å². The van der Waals surface area contributed by atoms with Crippen molar-refractivity contribution in [3.63, 3.8) is 0 Å². The quantitative estimate of drug-likeness (QED) is 0.617. The Kier molecular flexibility index (Phi) is 4.47. The summed E-state index contributed by atoms with van der Waals surface area (Å²) in [5.41, 5.74) is 0.625. The topological polar surface area (TPSA) is 79.8 Å². The summed E-state index contributed by atoms with van der Waals surface area (Å²) in [6.45, 7) is 10.5. The average Bonchev–Trinajstić information content (AvgIpc) is 3.10. The van der Waals surface area contributed by atoms with E-state index in [1.807, 2.05) is 18.7 Å². The van der Waals surface area contributed by atoms with Gasteiger partial charge in [-0.05, 0) is 13.8 Å². The first-order valence-electron chi connectivity index (χ1n) is 7.94. The molecule has 1 aromatic heterocycles. The number of amidine groups is 1. The second-order valence-corrected chi connectivity index (χ2v) is 7.26. The Morgan fingerprint density at radius 2 is 1.96 bits per heavy atom. The summed E-state index contributed by atoms with van der Waals surface area (Å²) in [6, 6.07) is 0. The highest BCUT2D eigenvalue weighted by molar-refractivity contribution is 8.14. The monoisotopic (exact) mass is 338 g/mol. The number of thioether (sulfide) groups is 1. The summed E-state index contributed by atoms with van der Waals surface area (Å²) in [7, 11) is 0. The van der Waals surface area contributed by atoms with Crippen molar-refractivity contribution in [3.8, 4) is 0 Å². The number of nitro groups is 1. The summed E-state index contributed by atoms with van der Waals surface area (Å²) in [4.78, 5) is 20.1. The van der Waals surface area contributed by atoms with Crippen LogP contribution in [0.3, 0.4) is 0 Å². The summed E-state index contributed by atoms with van der Waals surface area (Å²) >= 11 is 1.82. The van der Waals surface area contributed by atoms with Crippen molar-refractivity contribution in [2.75, 3.05) is 37.6 Å². The van der Waals surface area contributed by atoms with Crippen molar-refractivity contribution in [2.24, 2.45) is 4.99 Å². The largest absolute Gasteiger partial charge is 0.348 e. The molecule has 126 valence electrons. The average molecular weight is 338 g/mol. The van der Waals surface area contributed by atoms with Gasteiger partial charge >= 0.3 is 5.69 Å². The normalized spacial score (nSPS) is 21.7. The molecule has 3 rings (SSSR count). The second kappa shape index (κ2) is 6.38. The Morgan fingerprint density at radius 1 is 1.30 bits per heavy atom. The molecule has 0 amide bonds. The van der Waals surface area contributed by atoms with E-state index in [0.717, 1.165) is 37.9 Å². The lowest BCUT2D eigenvalue weighted by molar-refractivity contribution is -0.384. The molecule has 2 aliphatic rings. The minimum Gasteiger partial charge on any atom is -0.348 e. The molecule has 0 saturated carbocycles. The highest BCUT2D eigenvalue weighted by Gasteiger charge is 2.32. The molecule has 0 aliphatic carbocycles. The lowest BCUT2D eigenvalue weighted by atomic mass is 10.3. The first kappa shape index (κ1) is 16.1. The van der Waals surface area contributed by atoms with Crippen LogP contribution in [0, 0.1) is 17.0 Å². The third-order valence-corrected chi connectivity index (χ3v) is 5.34. The number of piperazine rings is 1. The van der Waals surface area contributed by atoms with Crippen molar-refractivity contribution >= 4 is 28.4 Å². The van der Waals surface area contributed by atoms with Crippen molar-refractivity contribution in [1.82, 2.24) is 14.7 Å². The molecule has 2 aliphatic heterocycles. The smallest absolute Gasteiger partial charge is 0.333 e. The highest BCUT2D eigenvalue weighted by Crippen LogP contribution is 2.33. The van der Waals surface area contributed by atoms with Gasteiger partial charge in [0.15, 0.2) is 5.17 Å². The lowest BCUT2D eigenvalue weighted by Crippen LogP contribution is -2.48. The van der Waals surface area contributed by atoms with Crippen molar-refractivity contribution in [1.29, 1.82) is 0 Å². The highest BCUT2D eigenvalue weighted by atomic mass is 32.2. The third kappa shape index (κ3) is 3.01. The number of hydrogen-bond donors (Lipinski definition) is 0. The molecule has 1 fully saturated rings. The molecule has 0 radical (unpaired) electrons. The number of aromatic nitrogens is 2. The molecule has 0 unspecified atom stereocenters. The van der Waals surface area contributed by atoms with Crippen LogP contribution in [0.25, 0.3) is 0 Å². The molecule has 3 heterocycles. The zero-order valence-corrected chi connectivity index (χ0v) is 14.5. The molecule has 0 aromatic carbocycles. The van der Waals surface area contributed by atoms with Crippen molar-refractivity contribution < 1.29 is 4.92 Å². The first-order chi connectivity index (χ1) is 11.0. The molecule has 1 saturated heterocycles. The van der Waals surface area contributed by atoms with Gasteiger partial charge in [0.1, 0.15) is 5.69 Å². The Morgan fingerprint density at radius 3 is 2.48 bits per heavy atom. The number of aryl methyl sites for hydroxylation is 2. The maximum Gasteiger partial charge on any atom is 0.333 e. The second-order valence-electron chi connectivity index (χ2n) is 5.86. The summed E-state index contributed by atoms with van der Waals surface area (Å²) in [6.07, 6.45) is 0. The van der Waals surface area contributed by atoms with E-state index in [1.165, 1.54) is 0 Å². The van der Waals surface area contributed by atoms with E-state index in [-0.39, 0.29) is 10.6 Å². The maximum atomic E-state index is 11.4. The Hall–Kier alpha value is -1.77. The van der Waals surface area contributed by atoms with Gasteiger partial charge in [-0.1, -0.05) is 18.7 Å². The fourth-order valence-corrected chi connectivity index (χ4v) is 4.04. The van der Waals surface area contributed by atoms with E-state index in [0.29, 0.717) is 23.3 Å². The first-order valence-corrected chi connectivity index (χ1v) is 8.82. The molecule has 0 spiro atoms. The maximum absolute atomic E-state index is 11.4. The molecular formula is C14H22N6O2S. The van der Waals surface area contributed by atoms with Gasteiger partial charge in [0.2, 0.25) is 5.82 Å². The number of rotatable bonds is 3. The predicted octanol–water partition coefficient (Wildman–Crippen LogP) is 1.73. The van der Waals surface area contributed by atoms with Gasteiger partial charge in [-0.2, -0.15) is 5.10 Å². The molecule has 0 bridgehead atoms. The van der Waals surface area contributed by atoms with Crippen LogP contribution in [0.1, 0.15) is 19.5 Å². The van der Waals surface area contributed by atoms with E-state index in [2.05, 4.69) is 26.8 Å². The number of aliphatic imine (C=N–C) groups is 1. The van der Waals surface area contributed by atoms with Gasteiger partial charge in [-0.3, -0.25) is 15.1 Å². The minimum absolute atomic E-state index is 0.140. The van der Waals surface area contributed by atoms with Gasteiger partial charge < -0.3 is 9.80 Å². The standard InChI is InChI=1S/C14H22N6O2S/c1-4-19-13(12(20(21)22)11(3)16-19)17-5-7-18(8-6-17)14-15-9-10(2)23-14/h10H,4-9H2,1-3H3/t10-/m0/s1. The molecule has 1 atom stereocenters. The van der Waals surface area contributed by atoms with Crippen molar-refractivity contribution in [2.45, 2.75) is 32.6 Å². The van der Waals surface area contributed by atoms with E-state index in [1.54, 1.807) is 11.6 Å². The molecule has 9 heteroatoms. The Labute approximate surface area is 139 Å². The zero-order chi connectivity index (χ0) is 16.6. The van der Waals surface area contributed by atoms with Gasteiger partial charge in [0, 0.05) is 38.0 Å². The Balaban J connectivity index is 1.76. The van der Waals surface area contributed by atoms with Crippen LogP contribution in [0.15, 0.2) is 4.99 Å². The summed E-state index contributed by atoms with van der Waals surface area (Å²) in [5.74, 6) is 0.643. The van der Waals surface area contributed by atoms with Crippen LogP contribution < -0.4 is 4.90 Å². The van der Waals surface area contributed by atoms with Gasteiger partial charge in [0.05, 0.1) is 11.5 Å². The van der Waals surface area contributed by atoms with E-state index >= 15 is 0 Å². The predicted molar refractivity (Wildman–Crippen MR) is 92.4 cm³/mol. The van der Waals surface area contributed by atoms with Gasteiger partial charge in [-0.15, -0.1) is 0 Å².